The molecule has 0 heterocycles. The highest BCUT2D eigenvalue weighted by Crippen LogP contribution is 2.32. The van der Waals surface area contributed by atoms with Crippen LogP contribution in [-0.2, 0) is 11.3 Å². The summed E-state index contributed by atoms with van der Waals surface area (Å²) in [5.74, 6) is -0.403. The van der Waals surface area contributed by atoms with Crippen LogP contribution < -0.4 is 11.1 Å². The van der Waals surface area contributed by atoms with E-state index in [9.17, 15) is 15.0 Å². The zero-order chi connectivity index (χ0) is 13.3. The summed E-state index contributed by atoms with van der Waals surface area (Å²) in [5.41, 5.74) is 5.23. The van der Waals surface area contributed by atoms with Gasteiger partial charge < -0.3 is 15.9 Å². The molecule has 2 rings (SSSR count). The lowest BCUT2D eigenvalue weighted by molar-refractivity contribution is -0.133. The number of amides is 1. The highest BCUT2D eigenvalue weighted by Gasteiger charge is 2.48. The number of aromatic hydroxyl groups is 1. The Balaban J connectivity index is 2.04. The molecule has 0 radical (unpaired) electrons. The molecule has 0 aliphatic heterocycles. The number of aliphatic hydroxyl groups is 1. The van der Waals surface area contributed by atoms with E-state index in [1.54, 1.807) is 12.1 Å². The van der Waals surface area contributed by atoms with E-state index in [0.717, 1.165) is 5.56 Å². The van der Waals surface area contributed by atoms with Crippen molar-refractivity contribution < 1.29 is 15.0 Å². The van der Waals surface area contributed by atoms with E-state index in [4.69, 9.17) is 17.3 Å². The largest absolute Gasteiger partial charge is 0.508 e. The lowest BCUT2D eigenvalue weighted by atomic mass is 9.73. The van der Waals surface area contributed by atoms with E-state index in [1.165, 1.54) is 6.07 Å². The van der Waals surface area contributed by atoms with Gasteiger partial charge in [-0.1, -0.05) is 11.6 Å². The number of nitrogens with one attached hydrogen (secondary N) is 1. The molecule has 0 unspecified atom stereocenters. The van der Waals surface area contributed by atoms with Crippen LogP contribution in [0.15, 0.2) is 18.2 Å². The molecule has 1 aromatic rings. The van der Waals surface area contributed by atoms with Crippen LogP contribution in [0.2, 0.25) is 5.02 Å². The number of halogens is 1. The van der Waals surface area contributed by atoms with Gasteiger partial charge in [0.2, 0.25) is 5.91 Å². The molecule has 1 fully saturated rings. The van der Waals surface area contributed by atoms with Crippen molar-refractivity contribution in [1.82, 2.24) is 5.32 Å². The number of rotatable bonds is 4. The molecule has 1 aliphatic carbocycles. The van der Waals surface area contributed by atoms with E-state index in [1.807, 2.05) is 0 Å². The summed E-state index contributed by atoms with van der Waals surface area (Å²) in [5, 5.41) is 22.2. The van der Waals surface area contributed by atoms with Crippen molar-refractivity contribution in [2.45, 2.75) is 31.0 Å². The van der Waals surface area contributed by atoms with E-state index in [-0.39, 0.29) is 5.75 Å². The Labute approximate surface area is 110 Å². The van der Waals surface area contributed by atoms with Gasteiger partial charge in [-0.05, 0) is 23.8 Å². The number of primary amides is 1. The molecule has 6 heteroatoms. The van der Waals surface area contributed by atoms with E-state index in [2.05, 4.69) is 5.32 Å². The Bertz CT molecular complexity index is 452. The first-order chi connectivity index (χ1) is 8.41. The van der Waals surface area contributed by atoms with Crippen molar-refractivity contribution in [3.8, 4) is 5.75 Å². The van der Waals surface area contributed by atoms with Crippen LogP contribution in [0.25, 0.3) is 0 Å². The third-order valence-electron chi connectivity index (χ3n) is 3.21. The summed E-state index contributed by atoms with van der Waals surface area (Å²) < 4.78 is 0. The fourth-order valence-corrected chi connectivity index (χ4v) is 2.44. The molecule has 18 heavy (non-hydrogen) atoms. The second-order valence-corrected chi connectivity index (χ2v) is 5.12. The van der Waals surface area contributed by atoms with Crippen molar-refractivity contribution >= 4 is 17.5 Å². The van der Waals surface area contributed by atoms with Gasteiger partial charge in [-0.25, -0.2) is 0 Å². The summed E-state index contributed by atoms with van der Waals surface area (Å²) in [4.78, 5) is 11.4. The number of hydrogen-bond acceptors (Lipinski definition) is 4. The molecule has 0 bridgehead atoms. The Hall–Kier alpha value is -1.30. The molecule has 0 atom stereocenters. The maximum atomic E-state index is 11.4. The number of carbonyl (C=O) groups excluding carboxylic acids is 1. The Kier molecular flexibility index (Phi) is 3.47. The molecule has 0 spiro atoms. The second kappa shape index (κ2) is 4.76. The first-order valence-electron chi connectivity index (χ1n) is 5.63. The molecule has 1 amide bonds. The van der Waals surface area contributed by atoms with Crippen LogP contribution in [0.5, 0.6) is 5.75 Å². The smallest absolute Gasteiger partial charge is 0.237 e. The predicted octanol–water partition coefficient (Wildman–Crippen LogP) is 0.514. The van der Waals surface area contributed by atoms with Gasteiger partial charge in [0.05, 0.1) is 6.10 Å². The van der Waals surface area contributed by atoms with Crippen molar-refractivity contribution in [3.05, 3.63) is 28.8 Å². The molecule has 98 valence electrons. The molecular weight excluding hydrogens is 256 g/mol. The Morgan fingerprint density at radius 3 is 2.67 bits per heavy atom. The third-order valence-corrected chi connectivity index (χ3v) is 3.43. The number of carbonyl (C=O) groups is 1. The third kappa shape index (κ3) is 2.58. The van der Waals surface area contributed by atoms with Gasteiger partial charge in [-0.3, -0.25) is 10.1 Å². The molecular formula is C12H15ClN2O3. The molecule has 1 aliphatic rings. The Morgan fingerprint density at radius 2 is 2.17 bits per heavy atom. The fourth-order valence-electron chi connectivity index (χ4n) is 2.18. The van der Waals surface area contributed by atoms with Crippen molar-refractivity contribution in [2.24, 2.45) is 5.73 Å². The van der Waals surface area contributed by atoms with Crippen molar-refractivity contribution in [2.75, 3.05) is 0 Å². The summed E-state index contributed by atoms with van der Waals surface area (Å²) in [7, 11) is 0. The maximum Gasteiger partial charge on any atom is 0.237 e. The van der Waals surface area contributed by atoms with Gasteiger partial charge in [0.25, 0.3) is 0 Å². The Morgan fingerprint density at radius 1 is 1.50 bits per heavy atom. The highest BCUT2D eigenvalue weighted by atomic mass is 35.5. The molecule has 1 saturated carbocycles. The zero-order valence-corrected chi connectivity index (χ0v) is 10.4. The van der Waals surface area contributed by atoms with Gasteiger partial charge in [0, 0.05) is 24.4 Å². The maximum absolute atomic E-state index is 11.4. The lowest BCUT2D eigenvalue weighted by Gasteiger charge is -2.43. The number of aliphatic hydroxyl groups excluding tert-OH is 1. The number of nitrogens with two attached hydrogens (primary N) is 1. The van der Waals surface area contributed by atoms with Gasteiger partial charge in [0.15, 0.2) is 0 Å². The van der Waals surface area contributed by atoms with Crippen molar-refractivity contribution in [3.63, 3.8) is 0 Å². The monoisotopic (exact) mass is 270 g/mol. The van der Waals surface area contributed by atoms with Crippen molar-refractivity contribution in [1.29, 1.82) is 0 Å². The standard InChI is InChI=1S/C12H15ClN2O3/c13-8-1-7(2-9(16)3-8)6-15-12(11(14)18)4-10(17)5-12/h1-3,10,15-17H,4-6H2,(H2,14,18). The minimum absolute atomic E-state index is 0.0704. The SMILES string of the molecule is NC(=O)C1(NCc2cc(O)cc(Cl)c2)CC(O)C1. The predicted molar refractivity (Wildman–Crippen MR) is 67.1 cm³/mol. The second-order valence-electron chi connectivity index (χ2n) is 4.68. The number of phenols is 1. The average Bonchev–Trinajstić information content (AvgIpc) is 2.20. The van der Waals surface area contributed by atoms with Crippen LogP contribution in [0, 0.1) is 0 Å². The summed E-state index contributed by atoms with van der Waals surface area (Å²) in [6.07, 6.45) is 0.141. The van der Waals surface area contributed by atoms with Crippen LogP contribution in [0.3, 0.4) is 0 Å². The minimum atomic E-state index is -0.850. The van der Waals surface area contributed by atoms with Gasteiger partial charge in [-0.15, -0.1) is 0 Å². The van der Waals surface area contributed by atoms with Crippen LogP contribution in [0.4, 0.5) is 0 Å². The first-order valence-corrected chi connectivity index (χ1v) is 6.00. The minimum Gasteiger partial charge on any atom is -0.508 e. The first kappa shape index (κ1) is 13.1. The average molecular weight is 271 g/mol. The molecule has 5 N–H and O–H groups in total. The highest BCUT2D eigenvalue weighted by molar-refractivity contribution is 6.30. The topological polar surface area (TPSA) is 95.6 Å². The summed E-state index contributed by atoms with van der Waals surface area (Å²) >= 11 is 5.81. The fraction of sp³-hybridized carbons (Fsp3) is 0.417. The zero-order valence-electron chi connectivity index (χ0n) is 9.69. The molecule has 1 aromatic carbocycles. The van der Waals surface area contributed by atoms with Crippen LogP contribution >= 0.6 is 11.6 Å². The number of hydrogen-bond donors (Lipinski definition) is 4. The van der Waals surface area contributed by atoms with Crippen LogP contribution in [0.1, 0.15) is 18.4 Å². The number of benzene rings is 1. The number of phenolic OH excluding ortho intramolecular Hbond substituents is 1. The van der Waals surface area contributed by atoms with E-state index in [0.29, 0.717) is 24.4 Å². The molecule has 0 aromatic heterocycles. The lowest BCUT2D eigenvalue weighted by Crippen LogP contribution is -2.64. The summed E-state index contributed by atoms with van der Waals surface area (Å²) in [6.45, 7) is 0.351. The normalized spacial score (nSPS) is 26.7. The quantitative estimate of drug-likeness (QED) is 0.641. The van der Waals surface area contributed by atoms with E-state index < -0.39 is 17.6 Å². The molecule has 0 saturated heterocycles. The van der Waals surface area contributed by atoms with Gasteiger partial charge in [-0.2, -0.15) is 0 Å². The van der Waals surface area contributed by atoms with Crippen LogP contribution in [-0.4, -0.2) is 27.8 Å². The van der Waals surface area contributed by atoms with Gasteiger partial charge >= 0.3 is 0 Å². The van der Waals surface area contributed by atoms with Gasteiger partial charge in [0.1, 0.15) is 11.3 Å². The van der Waals surface area contributed by atoms with E-state index >= 15 is 0 Å². The summed E-state index contributed by atoms with van der Waals surface area (Å²) in [6, 6.07) is 4.68. The molecule has 5 nitrogen and oxygen atoms in total.